The van der Waals surface area contributed by atoms with Crippen LogP contribution in [-0.4, -0.2) is 35.8 Å². The summed E-state index contributed by atoms with van der Waals surface area (Å²) in [7, 11) is 0. The van der Waals surface area contributed by atoms with E-state index in [4.69, 9.17) is 9.15 Å². The maximum Gasteiger partial charge on any atom is 0.134 e. The van der Waals surface area contributed by atoms with Gasteiger partial charge in [-0.05, 0) is 49.7 Å². The first-order valence-electron chi connectivity index (χ1n) is 7.47. The van der Waals surface area contributed by atoms with Crippen molar-refractivity contribution < 1.29 is 14.3 Å². The third-order valence-corrected chi connectivity index (χ3v) is 3.74. The van der Waals surface area contributed by atoms with Gasteiger partial charge in [-0.15, -0.1) is 0 Å². The molecule has 1 atom stereocenters. The van der Waals surface area contributed by atoms with Crippen molar-refractivity contribution in [2.75, 3.05) is 19.7 Å². The predicted octanol–water partition coefficient (Wildman–Crippen LogP) is 2.91. The second kappa shape index (κ2) is 6.33. The number of likely N-dealkylation sites (tertiary alicyclic amines) is 1. The lowest BCUT2D eigenvalue weighted by Gasteiger charge is -2.12. The molecule has 0 aliphatic carbocycles. The van der Waals surface area contributed by atoms with Crippen molar-refractivity contribution in [3.05, 3.63) is 42.2 Å². The van der Waals surface area contributed by atoms with Crippen molar-refractivity contribution in [2.45, 2.75) is 26.0 Å². The van der Waals surface area contributed by atoms with Crippen LogP contribution in [0.15, 0.2) is 40.8 Å². The number of aliphatic hydroxyl groups is 1. The van der Waals surface area contributed by atoms with Gasteiger partial charge in [0.15, 0.2) is 0 Å². The Morgan fingerprint density at radius 1 is 1.24 bits per heavy atom. The second-order valence-electron chi connectivity index (χ2n) is 5.40. The molecule has 1 aromatic heterocycles. The number of rotatable bonds is 5. The highest BCUT2D eigenvalue weighted by molar-refractivity contribution is 5.58. The second-order valence-corrected chi connectivity index (χ2v) is 5.40. The number of β-amino-alcohol motifs (C(OH)–C–C–N with tert-alkyl or cyclic N) is 1. The summed E-state index contributed by atoms with van der Waals surface area (Å²) in [5.74, 6) is 2.68. The van der Waals surface area contributed by atoms with E-state index in [1.807, 2.05) is 43.3 Å². The molecule has 1 saturated heterocycles. The van der Waals surface area contributed by atoms with E-state index in [1.165, 1.54) is 0 Å². The minimum atomic E-state index is -0.189. The number of nitrogens with zero attached hydrogens (tertiary/aromatic N) is 1. The number of hydrogen-bond donors (Lipinski definition) is 1. The molecule has 0 bridgehead atoms. The molecule has 1 aliphatic rings. The van der Waals surface area contributed by atoms with E-state index in [1.54, 1.807) is 0 Å². The van der Waals surface area contributed by atoms with E-state index in [2.05, 4.69) is 4.90 Å². The Hall–Kier alpha value is -1.78. The van der Waals surface area contributed by atoms with Crippen molar-refractivity contribution in [1.82, 2.24) is 4.90 Å². The molecule has 1 fully saturated rings. The molecular formula is C17H21NO3. The number of hydrogen-bond acceptors (Lipinski definition) is 4. The average Bonchev–Trinajstić information content (AvgIpc) is 3.10. The summed E-state index contributed by atoms with van der Waals surface area (Å²) in [5, 5.41) is 9.55. The zero-order chi connectivity index (χ0) is 14.7. The first-order chi connectivity index (χ1) is 10.2. The highest BCUT2D eigenvalue weighted by Gasteiger charge is 2.21. The smallest absolute Gasteiger partial charge is 0.134 e. The van der Waals surface area contributed by atoms with E-state index in [9.17, 15) is 5.11 Å². The van der Waals surface area contributed by atoms with Crippen molar-refractivity contribution in [3.63, 3.8) is 0 Å². The quantitative estimate of drug-likeness (QED) is 0.918. The van der Waals surface area contributed by atoms with Gasteiger partial charge in [0, 0.05) is 18.7 Å². The average molecular weight is 287 g/mol. The summed E-state index contributed by atoms with van der Waals surface area (Å²) in [6.45, 7) is 5.07. The van der Waals surface area contributed by atoms with Gasteiger partial charge in [0.1, 0.15) is 17.3 Å². The Balaban J connectivity index is 1.66. The molecule has 0 unspecified atom stereocenters. The van der Waals surface area contributed by atoms with Crippen LogP contribution in [0.2, 0.25) is 0 Å². The molecule has 0 amide bonds. The molecule has 1 aromatic carbocycles. The number of furan rings is 1. The third-order valence-electron chi connectivity index (χ3n) is 3.74. The molecule has 112 valence electrons. The molecule has 0 spiro atoms. The highest BCUT2D eigenvalue weighted by Crippen LogP contribution is 2.25. The standard InChI is InChI=1S/C17H21NO3/c1-2-20-15-5-3-13(4-6-15)17-8-7-16(21-17)12-18-10-9-14(19)11-18/h3-8,14,19H,2,9-12H2,1H3/t14-/m1/s1. The summed E-state index contributed by atoms with van der Waals surface area (Å²) in [5.41, 5.74) is 1.05. The minimum Gasteiger partial charge on any atom is -0.494 e. The number of ether oxygens (including phenoxy) is 1. The summed E-state index contributed by atoms with van der Waals surface area (Å²) < 4.78 is 11.3. The van der Waals surface area contributed by atoms with Crippen LogP contribution >= 0.6 is 0 Å². The van der Waals surface area contributed by atoms with Gasteiger partial charge in [0.25, 0.3) is 0 Å². The van der Waals surface area contributed by atoms with Crippen LogP contribution in [0.1, 0.15) is 19.1 Å². The normalized spacial score (nSPS) is 19.0. The van der Waals surface area contributed by atoms with Crippen molar-refractivity contribution in [3.8, 4) is 17.1 Å². The fraction of sp³-hybridized carbons (Fsp3) is 0.412. The van der Waals surface area contributed by atoms with Crippen LogP contribution < -0.4 is 4.74 Å². The van der Waals surface area contributed by atoms with Gasteiger partial charge < -0.3 is 14.3 Å². The van der Waals surface area contributed by atoms with Gasteiger partial charge in [0.2, 0.25) is 0 Å². The van der Waals surface area contributed by atoms with Gasteiger partial charge in [-0.2, -0.15) is 0 Å². The topological polar surface area (TPSA) is 45.8 Å². The SMILES string of the molecule is CCOc1ccc(-c2ccc(CN3CC[C@@H](O)C3)o2)cc1. The van der Waals surface area contributed by atoms with Gasteiger partial charge in [-0.25, -0.2) is 0 Å². The largest absolute Gasteiger partial charge is 0.494 e. The van der Waals surface area contributed by atoms with Crippen LogP contribution in [-0.2, 0) is 6.54 Å². The Kier molecular flexibility index (Phi) is 4.27. The molecule has 3 rings (SSSR count). The van der Waals surface area contributed by atoms with Crippen molar-refractivity contribution >= 4 is 0 Å². The molecule has 0 radical (unpaired) electrons. The highest BCUT2D eigenvalue weighted by atomic mass is 16.5. The summed E-state index contributed by atoms with van der Waals surface area (Å²) in [4.78, 5) is 2.21. The van der Waals surface area contributed by atoms with Gasteiger partial charge in [0.05, 0.1) is 19.3 Å². The minimum absolute atomic E-state index is 0.189. The third kappa shape index (κ3) is 3.46. The molecule has 4 heteroatoms. The lowest BCUT2D eigenvalue weighted by molar-refractivity contribution is 0.172. The van der Waals surface area contributed by atoms with Crippen LogP contribution in [0, 0.1) is 0 Å². The molecule has 1 aliphatic heterocycles. The van der Waals surface area contributed by atoms with Crippen LogP contribution in [0.3, 0.4) is 0 Å². The number of aliphatic hydroxyl groups excluding tert-OH is 1. The summed E-state index contributed by atoms with van der Waals surface area (Å²) in [6.07, 6.45) is 0.664. The Bertz CT molecular complexity index is 576. The lowest BCUT2D eigenvalue weighted by atomic mass is 10.2. The van der Waals surface area contributed by atoms with E-state index < -0.39 is 0 Å². The predicted molar refractivity (Wildman–Crippen MR) is 81.2 cm³/mol. The Labute approximate surface area is 124 Å². The zero-order valence-electron chi connectivity index (χ0n) is 12.3. The molecule has 2 aromatic rings. The fourth-order valence-electron chi connectivity index (χ4n) is 2.68. The number of benzene rings is 1. The molecule has 21 heavy (non-hydrogen) atoms. The zero-order valence-corrected chi connectivity index (χ0v) is 12.3. The maximum atomic E-state index is 9.55. The van der Waals surface area contributed by atoms with Crippen molar-refractivity contribution in [2.24, 2.45) is 0 Å². The first kappa shape index (κ1) is 14.2. The van der Waals surface area contributed by atoms with Gasteiger partial charge in [-0.1, -0.05) is 0 Å². The first-order valence-corrected chi connectivity index (χ1v) is 7.47. The van der Waals surface area contributed by atoms with Crippen molar-refractivity contribution in [1.29, 1.82) is 0 Å². The van der Waals surface area contributed by atoms with Crippen LogP contribution in [0.25, 0.3) is 11.3 Å². The monoisotopic (exact) mass is 287 g/mol. The van der Waals surface area contributed by atoms with Crippen LogP contribution in [0.5, 0.6) is 5.75 Å². The van der Waals surface area contributed by atoms with E-state index in [0.29, 0.717) is 6.61 Å². The van der Waals surface area contributed by atoms with E-state index in [-0.39, 0.29) is 6.10 Å². The van der Waals surface area contributed by atoms with E-state index in [0.717, 1.165) is 48.9 Å². The Morgan fingerprint density at radius 2 is 2.05 bits per heavy atom. The molecule has 2 heterocycles. The lowest BCUT2D eigenvalue weighted by Crippen LogP contribution is -2.21. The molecule has 1 N–H and O–H groups in total. The van der Waals surface area contributed by atoms with Gasteiger partial charge in [-0.3, -0.25) is 4.90 Å². The fourth-order valence-corrected chi connectivity index (χ4v) is 2.68. The summed E-state index contributed by atoms with van der Waals surface area (Å²) >= 11 is 0. The molecular weight excluding hydrogens is 266 g/mol. The Morgan fingerprint density at radius 3 is 2.71 bits per heavy atom. The van der Waals surface area contributed by atoms with E-state index >= 15 is 0 Å². The molecule has 0 saturated carbocycles. The molecule has 4 nitrogen and oxygen atoms in total. The van der Waals surface area contributed by atoms with Gasteiger partial charge >= 0.3 is 0 Å². The summed E-state index contributed by atoms with van der Waals surface area (Å²) in [6, 6.07) is 11.9. The maximum absolute atomic E-state index is 9.55. The van der Waals surface area contributed by atoms with Crippen LogP contribution in [0.4, 0.5) is 0 Å².